The summed E-state index contributed by atoms with van der Waals surface area (Å²) in [5, 5.41) is 3.17. The molecule has 0 aliphatic heterocycles. The van der Waals surface area contributed by atoms with Gasteiger partial charge in [-0.15, -0.1) is 0 Å². The van der Waals surface area contributed by atoms with Crippen molar-refractivity contribution in [3.8, 4) is 11.5 Å². The Bertz CT molecular complexity index is 762. The number of nitrogens with one attached hydrogen (secondary N) is 1. The molecule has 0 unspecified atom stereocenters. The molecule has 0 saturated carbocycles. The predicted octanol–water partition coefficient (Wildman–Crippen LogP) is 3.28. The molecular formula is C21H29N3O2. The topological polar surface area (TPSA) is 68.9 Å². The Morgan fingerprint density at radius 3 is 2.27 bits per heavy atom. The van der Waals surface area contributed by atoms with E-state index in [0.717, 1.165) is 23.5 Å². The van der Waals surface area contributed by atoms with E-state index < -0.39 is 0 Å². The van der Waals surface area contributed by atoms with Crippen LogP contribution in [-0.2, 0) is 13.0 Å². The lowest BCUT2D eigenvalue weighted by atomic mass is 10.00. The van der Waals surface area contributed by atoms with Gasteiger partial charge < -0.3 is 20.5 Å². The van der Waals surface area contributed by atoms with Crippen molar-refractivity contribution in [1.29, 1.82) is 0 Å². The van der Waals surface area contributed by atoms with E-state index in [-0.39, 0.29) is 0 Å². The summed E-state index contributed by atoms with van der Waals surface area (Å²) >= 11 is 0. The minimum Gasteiger partial charge on any atom is -0.493 e. The van der Waals surface area contributed by atoms with Gasteiger partial charge >= 0.3 is 0 Å². The van der Waals surface area contributed by atoms with Crippen LogP contribution in [0.2, 0.25) is 0 Å². The van der Waals surface area contributed by atoms with Gasteiger partial charge in [-0.05, 0) is 61.6 Å². The highest BCUT2D eigenvalue weighted by molar-refractivity contribution is 5.77. The van der Waals surface area contributed by atoms with Crippen LogP contribution in [-0.4, -0.2) is 26.7 Å². The maximum atomic E-state index is 6.01. The summed E-state index contributed by atoms with van der Waals surface area (Å²) in [5.41, 5.74) is 12.2. The van der Waals surface area contributed by atoms with Gasteiger partial charge in [0.05, 0.1) is 20.8 Å². The monoisotopic (exact) mass is 355 g/mol. The summed E-state index contributed by atoms with van der Waals surface area (Å²) in [7, 11) is 3.27. The van der Waals surface area contributed by atoms with E-state index in [4.69, 9.17) is 15.2 Å². The van der Waals surface area contributed by atoms with Gasteiger partial charge in [0.15, 0.2) is 17.5 Å². The molecular weight excluding hydrogens is 326 g/mol. The fourth-order valence-electron chi connectivity index (χ4n) is 3.05. The fourth-order valence-corrected chi connectivity index (χ4v) is 3.05. The van der Waals surface area contributed by atoms with Crippen LogP contribution in [0.25, 0.3) is 0 Å². The number of benzene rings is 2. The largest absolute Gasteiger partial charge is 0.493 e. The Morgan fingerprint density at radius 1 is 1.00 bits per heavy atom. The van der Waals surface area contributed by atoms with Gasteiger partial charge in [-0.2, -0.15) is 0 Å². The van der Waals surface area contributed by atoms with Gasteiger partial charge in [-0.1, -0.05) is 23.8 Å². The molecule has 2 aromatic rings. The normalized spacial score (nSPS) is 11.3. The molecule has 0 amide bonds. The average Bonchev–Trinajstić information content (AvgIpc) is 2.60. The molecule has 0 radical (unpaired) electrons. The van der Waals surface area contributed by atoms with Crippen LogP contribution in [0, 0.1) is 20.8 Å². The zero-order valence-electron chi connectivity index (χ0n) is 16.3. The van der Waals surface area contributed by atoms with Crippen molar-refractivity contribution < 1.29 is 9.47 Å². The number of aliphatic imine (C=N–C) groups is 1. The summed E-state index contributed by atoms with van der Waals surface area (Å²) in [6.45, 7) is 7.64. The summed E-state index contributed by atoms with van der Waals surface area (Å²) in [6.07, 6.45) is 0.819. The third-order valence-electron chi connectivity index (χ3n) is 4.42. The Balaban J connectivity index is 1.91. The van der Waals surface area contributed by atoms with Gasteiger partial charge in [-0.3, -0.25) is 0 Å². The van der Waals surface area contributed by atoms with Gasteiger partial charge in [0.1, 0.15) is 0 Å². The Labute approximate surface area is 156 Å². The second-order valence-corrected chi connectivity index (χ2v) is 6.44. The Morgan fingerprint density at radius 2 is 1.65 bits per heavy atom. The lowest BCUT2D eigenvalue weighted by Gasteiger charge is -2.11. The first kappa shape index (κ1) is 19.6. The summed E-state index contributed by atoms with van der Waals surface area (Å²) in [4.78, 5) is 4.48. The van der Waals surface area contributed by atoms with Crippen molar-refractivity contribution in [2.24, 2.45) is 10.7 Å². The van der Waals surface area contributed by atoms with Gasteiger partial charge in [0.2, 0.25) is 0 Å². The highest BCUT2D eigenvalue weighted by Crippen LogP contribution is 2.27. The number of nitrogens with two attached hydrogens (primary N) is 1. The minimum absolute atomic E-state index is 0.463. The molecule has 26 heavy (non-hydrogen) atoms. The lowest BCUT2D eigenvalue weighted by molar-refractivity contribution is 0.354. The third kappa shape index (κ3) is 5.15. The number of methoxy groups -OCH3 is 2. The molecule has 3 N–H and O–H groups in total. The van der Waals surface area contributed by atoms with E-state index in [1.165, 1.54) is 22.3 Å². The van der Waals surface area contributed by atoms with Crippen LogP contribution in [0.3, 0.4) is 0 Å². The van der Waals surface area contributed by atoms with Crippen LogP contribution in [0.5, 0.6) is 11.5 Å². The van der Waals surface area contributed by atoms with Crippen LogP contribution < -0.4 is 20.5 Å². The number of aryl methyl sites for hydroxylation is 3. The van der Waals surface area contributed by atoms with E-state index >= 15 is 0 Å². The highest BCUT2D eigenvalue weighted by atomic mass is 16.5. The first-order chi connectivity index (χ1) is 12.4. The lowest BCUT2D eigenvalue weighted by Crippen LogP contribution is -2.33. The smallest absolute Gasteiger partial charge is 0.188 e. The maximum absolute atomic E-state index is 6.01. The molecule has 140 valence electrons. The predicted molar refractivity (Wildman–Crippen MR) is 107 cm³/mol. The molecule has 0 aromatic heterocycles. The Kier molecular flexibility index (Phi) is 6.89. The second kappa shape index (κ2) is 9.13. The van der Waals surface area contributed by atoms with Gasteiger partial charge in [0, 0.05) is 6.54 Å². The number of nitrogens with zero attached hydrogens (tertiary/aromatic N) is 1. The molecule has 5 heteroatoms. The second-order valence-electron chi connectivity index (χ2n) is 6.44. The summed E-state index contributed by atoms with van der Waals surface area (Å²) < 4.78 is 10.6. The van der Waals surface area contributed by atoms with Crippen molar-refractivity contribution >= 4 is 5.96 Å². The molecule has 5 nitrogen and oxygen atoms in total. The first-order valence-corrected chi connectivity index (χ1v) is 8.76. The maximum Gasteiger partial charge on any atom is 0.188 e. The molecule has 2 rings (SSSR count). The number of hydrogen-bond acceptors (Lipinski definition) is 3. The fraction of sp³-hybridized carbons (Fsp3) is 0.381. The molecule has 0 aliphatic rings. The molecule has 0 bridgehead atoms. The van der Waals surface area contributed by atoms with Crippen LogP contribution in [0.15, 0.2) is 35.3 Å². The van der Waals surface area contributed by atoms with Gasteiger partial charge in [-0.25, -0.2) is 4.99 Å². The Hall–Kier alpha value is -2.69. The van der Waals surface area contributed by atoms with Crippen molar-refractivity contribution in [3.05, 3.63) is 58.1 Å². The molecule has 2 aromatic carbocycles. The van der Waals surface area contributed by atoms with E-state index in [2.05, 4.69) is 43.2 Å². The number of guanidine groups is 1. The number of ether oxygens (including phenoxy) is 2. The van der Waals surface area contributed by atoms with E-state index in [1.54, 1.807) is 14.2 Å². The van der Waals surface area contributed by atoms with E-state index in [0.29, 0.717) is 19.0 Å². The number of rotatable bonds is 7. The quantitative estimate of drug-likeness (QED) is 0.591. The highest BCUT2D eigenvalue weighted by Gasteiger charge is 2.05. The number of hydrogen-bond donors (Lipinski definition) is 2. The zero-order valence-corrected chi connectivity index (χ0v) is 16.3. The van der Waals surface area contributed by atoms with E-state index in [9.17, 15) is 0 Å². The van der Waals surface area contributed by atoms with Crippen molar-refractivity contribution in [3.63, 3.8) is 0 Å². The molecule has 0 aliphatic carbocycles. The SMILES string of the molecule is COc1ccc(CCNC(N)=NCc2c(C)cc(C)cc2C)cc1OC. The first-order valence-electron chi connectivity index (χ1n) is 8.76. The molecule has 0 spiro atoms. The van der Waals surface area contributed by atoms with Gasteiger partial charge in [0.25, 0.3) is 0 Å². The van der Waals surface area contributed by atoms with Crippen LogP contribution in [0.4, 0.5) is 0 Å². The standard InChI is InChI=1S/C21H29N3O2/c1-14-10-15(2)18(16(3)11-14)13-24-21(22)23-9-8-17-6-7-19(25-4)20(12-17)26-5/h6-7,10-12H,8-9,13H2,1-5H3,(H3,22,23,24). The summed E-state index contributed by atoms with van der Waals surface area (Å²) in [6, 6.07) is 10.3. The molecule has 0 saturated heterocycles. The summed E-state index contributed by atoms with van der Waals surface area (Å²) in [5.74, 6) is 1.93. The minimum atomic E-state index is 0.463. The van der Waals surface area contributed by atoms with Crippen LogP contribution in [0.1, 0.15) is 27.8 Å². The van der Waals surface area contributed by atoms with E-state index in [1.807, 2.05) is 18.2 Å². The third-order valence-corrected chi connectivity index (χ3v) is 4.42. The van der Waals surface area contributed by atoms with Crippen LogP contribution >= 0.6 is 0 Å². The zero-order chi connectivity index (χ0) is 19.1. The van der Waals surface area contributed by atoms with Crippen molar-refractivity contribution in [2.75, 3.05) is 20.8 Å². The van der Waals surface area contributed by atoms with Crippen molar-refractivity contribution in [1.82, 2.24) is 5.32 Å². The average molecular weight is 355 g/mol. The molecule has 0 heterocycles. The molecule has 0 atom stereocenters. The van der Waals surface area contributed by atoms with Crippen molar-refractivity contribution in [2.45, 2.75) is 33.7 Å². The molecule has 0 fully saturated rings.